The molecule has 5 aliphatic carbocycles. The molecule has 0 heterocycles. The maximum absolute atomic E-state index is 15.0. The summed E-state index contributed by atoms with van der Waals surface area (Å²) in [5.41, 5.74) is -2.92. The molecule has 9 heteroatoms. The van der Waals surface area contributed by atoms with E-state index in [9.17, 15) is 27.9 Å². The minimum atomic E-state index is -5.92. The summed E-state index contributed by atoms with van der Waals surface area (Å²) in [6.07, 6.45) is 0.401. The molecule has 4 unspecified atom stereocenters. The second-order valence-electron chi connectivity index (χ2n) is 12.1. The van der Waals surface area contributed by atoms with Crippen molar-refractivity contribution >= 4 is 11.8 Å². The molecule has 0 radical (unpaired) electrons. The lowest BCUT2D eigenvalue weighted by molar-refractivity contribution is -0.355. The molecule has 2 saturated carbocycles. The van der Waals surface area contributed by atoms with E-state index in [0.29, 0.717) is 43.9 Å². The summed E-state index contributed by atoms with van der Waals surface area (Å²) in [5.74, 6) is -6.85. The summed E-state index contributed by atoms with van der Waals surface area (Å²) >= 11 is 0. The van der Waals surface area contributed by atoms with Crippen LogP contribution in [0.2, 0.25) is 0 Å². The van der Waals surface area contributed by atoms with Gasteiger partial charge in [0.25, 0.3) is 0 Å². The first kappa shape index (κ1) is 25.7. The van der Waals surface area contributed by atoms with Crippen molar-refractivity contribution in [2.75, 3.05) is 0 Å². The number of fused-ring (bicyclic) bond motifs is 4. The standard InChI is InChI=1S/C29H29F5O4/c1-15(35)38-19-4-6-20-16(11-19)13-26-9-7-18(36)12-17(26)3-5-21-23-8-10-27(37,28(30,31)29(32,33)34)25(23,2)14-22(20)24(21)26/h4,6,8,10-12,21-24,37H,3,5,7,9,13-14H2,1-2H3/t21?,22-,23?,24?,25+,26?,27+/m1/s1. The van der Waals surface area contributed by atoms with E-state index < -0.39 is 46.3 Å². The zero-order valence-corrected chi connectivity index (χ0v) is 21.1. The van der Waals surface area contributed by atoms with Gasteiger partial charge in [0.2, 0.25) is 0 Å². The van der Waals surface area contributed by atoms with Crippen molar-refractivity contribution in [3.63, 3.8) is 0 Å². The van der Waals surface area contributed by atoms with E-state index in [1.807, 2.05) is 0 Å². The van der Waals surface area contributed by atoms with Crippen LogP contribution in [-0.2, 0) is 16.0 Å². The molecule has 4 nitrogen and oxygen atoms in total. The van der Waals surface area contributed by atoms with E-state index >= 15 is 8.78 Å². The average molecular weight is 537 g/mol. The Balaban J connectivity index is 1.53. The number of halogens is 5. The zero-order chi connectivity index (χ0) is 27.5. The largest absolute Gasteiger partial charge is 0.456 e. The highest BCUT2D eigenvalue weighted by atomic mass is 19.4. The molecule has 0 bridgehead atoms. The predicted molar refractivity (Wildman–Crippen MR) is 126 cm³/mol. The van der Waals surface area contributed by atoms with Gasteiger partial charge in [-0.1, -0.05) is 24.6 Å². The van der Waals surface area contributed by atoms with Crippen LogP contribution in [0.25, 0.3) is 0 Å². The first-order valence-electron chi connectivity index (χ1n) is 13.1. The molecule has 0 amide bonds. The van der Waals surface area contributed by atoms with Gasteiger partial charge in [0.05, 0.1) is 0 Å². The second-order valence-corrected chi connectivity index (χ2v) is 12.1. The lowest BCUT2D eigenvalue weighted by Crippen LogP contribution is -2.67. The normalized spacial score (nSPS) is 39.5. The van der Waals surface area contributed by atoms with E-state index in [0.717, 1.165) is 16.7 Å². The van der Waals surface area contributed by atoms with Crippen molar-refractivity contribution in [2.45, 2.75) is 76.0 Å². The zero-order valence-electron chi connectivity index (χ0n) is 21.1. The van der Waals surface area contributed by atoms with Crippen LogP contribution in [0.15, 0.2) is 42.0 Å². The van der Waals surface area contributed by atoms with Crippen LogP contribution in [0.4, 0.5) is 22.0 Å². The monoisotopic (exact) mass is 536 g/mol. The first-order valence-corrected chi connectivity index (χ1v) is 13.1. The summed E-state index contributed by atoms with van der Waals surface area (Å²) in [4.78, 5) is 24.0. The van der Waals surface area contributed by atoms with Crippen LogP contribution in [0.1, 0.15) is 63.0 Å². The highest BCUT2D eigenvalue weighted by Crippen LogP contribution is 2.73. The Kier molecular flexibility index (Phi) is 5.26. The van der Waals surface area contributed by atoms with Gasteiger partial charge in [0.15, 0.2) is 11.4 Å². The van der Waals surface area contributed by atoms with Gasteiger partial charge in [-0.25, -0.2) is 0 Å². The highest BCUT2D eigenvalue weighted by molar-refractivity contribution is 5.91. The maximum Gasteiger partial charge on any atom is 0.456 e. The molecular formula is C29H29F5O4. The van der Waals surface area contributed by atoms with Crippen molar-refractivity contribution < 1.29 is 41.4 Å². The summed E-state index contributed by atoms with van der Waals surface area (Å²) in [5, 5.41) is 11.3. The quantitative estimate of drug-likeness (QED) is 0.216. The van der Waals surface area contributed by atoms with Crippen molar-refractivity contribution in [1.29, 1.82) is 0 Å². The fraction of sp³-hybridized carbons (Fsp3) is 0.586. The topological polar surface area (TPSA) is 63.6 Å². The minimum Gasteiger partial charge on any atom is -0.427 e. The van der Waals surface area contributed by atoms with Gasteiger partial charge in [-0.05, 0) is 96.6 Å². The number of ether oxygens (including phenoxy) is 1. The first-order chi connectivity index (χ1) is 17.6. The van der Waals surface area contributed by atoms with Crippen LogP contribution in [0, 0.1) is 28.6 Å². The Morgan fingerprint density at radius 2 is 1.89 bits per heavy atom. The Morgan fingerprint density at radius 3 is 2.58 bits per heavy atom. The number of benzene rings is 1. The number of rotatable bonds is 2. The average Bonchev–Trinajstić information content (AvgIpc) is 3.09. The van der Waals surface area contributed by atoms with Gasteiger partial charge in [-0.15, -0.1) is 0 Å². The number of ketones is 1. The predicted octanol–water partition coefficient (Wildman–Crippen LogP) is 6.08. The number of hydrogen-bond donors (Lipinski definition) is 1. The number of aliphatic hydroxyl groups is 1. The van der Waals surface area contributed by atoms with Gasteiger partial charge >= 0.3 is 18.1 Å². The Hall–Kier alpha value is -2.55. The lowest BCUT2D eigenvalue weighted by atomic mass is 9.39. The summed E-state index contributed by atoms with van der Waals surface area (Å²) in [6.45, 7) is 2.65. The Morgan fingerprint density at radius 1 is 1.16 bits per heavy atom. The third-order valence-electron chi connectivity index (χ3n) is 10.4. The van der Waals surface area contributed by atoms with Crippen molar-refractivity contribution in [3.05, 3.63) is 53.1 Å². The Bertz CT molecular complexity index is 1300. The molecule has 7 atom stereocenters. The third kappa shape index (κ3) is 3.11. The van der Waals surface area contributed by atoms with Gasteiger partial charge in [-0.2, -0.15) is 22.0 Å². The van der Waals surface area contributed by atoms with Gasteiger partial charge in [0.1, 0.15) is 5.75 Å². The number of alkyl halides is 5. The van der Waals surface area contributed by atoms with E-state index in [-0.39, 0.29) is 24.0 Å². The molecule has 6 rings (SSSR count). The summed E-state index contributed by atoms with van der Waals surface area (Å²) in [6, 6.07) is 5.15. The molecule has 204 valence electrons. The van der Waals surface area contributed by atoms with Crippen LogP contribution in [0.3, 0.4) is 0 Å². The molecule has 5 aliphatic rings. The number of carbonyl (C=O) groups is 2. The van der Waals surface area contributed by atoms with E-state index in [2.05, 4.69) is 0 Å². The van der Waals surface area contributed by atoms with E-state index in [4.69, 9.17) is 4.74 Å². The highest BCUT2D eigenvalue weighted by Gasteiger charge is 2.79. The summed E-state index contributed by atoms with van der Waals surface area (Å²) in [7, 11) is 0. The molecule has 1 N–H and O–H groups in total. The maximum atomic E-state index is 15.0. The van der Waals surface area contributed by atoms with Gasteiger partial charge in [-0.3, -0.25) is 9.59 Å². The van der Waals surface area contributed by atoms with Crippen molar-refractivity contribution in [3.8, 4) is 5.75 Å². The van der Waals surface area contributed by atoms with Gasteiger partial charge in [0, 0.05) is 18.8 Å². The van der Waals surface area contributed by atoms with E-state index in [1.54, 1.807) is 24.3 Å². The number of carbonyl (C=O) groups excluding carboxylic acids is 2. The van der Waals surface area contributed by atoms with Crippen LogP contribution in [-0.4, -0.2) is 34.6 Å². The number of hydrogen-bond acceptors (Lipinski definition) is 4. The molecule has 1 aromatic rings. The van der Waals surface area contributed by atoms with Crippen molar-refractivity contribution in [2.24, 2.45) is 28.6 Å². The fourth-order valence-corrected chi connectivity index (χ4v) is 8.98. The second kappa shape index (κ2) is 7.77. The molecular weight excluding hydrogens is 507 g/mol. The SMILES string of the molecule is CC(=O)Oc1ccc2c(c1)CC13CCC(=O)C=C1CCC1C3[C@@H]2C[C@@]2(C)C1C=C[C@@]2(O)C(F)(F)C(F)(F)F. The van der Waals surface area contributed by atoms with Crippen LogP contribution >= 0.6 is 0 Å². The molecule has 1 aromatic carbocycles. The lowest BCUT2D eigenvalue weighted by Gasteiger charge is -2.65. The molecule has 1 spiro atoms. The molecule has 38 heavy (non-hydrogen) atoms. The van der Waals surface area contributed by atoms with E-state index in [1.165, 1.54) is 19.9 Å². The van der Waals surface area contributed by atoms with Gasteiger partial charge < -0.3 is 9.84 Å². The third-order valence-corrected chi connectivity index (χ3v) is 10.4. The molecule has 2 fully saturated rings. The smallest absolute Gasteiger partial charge is 0.427 e. The van der Waals surface area contributed by atoms with Crippen molar-refractivity contribution in [1.82, 2.24) is 0 Å². The fourth-order valence-electron chi connectivity index (χ4n) is 8.98. The Labute approximate surface area is 216 Å². The van der Waals surface area contributed by atoms with Crippen LogP contribution in [0.5, 0.6) is 5.75 Å². The van der Waals surface area contributed by atoms with Crippen LogP contribution < -0.4 is 4.74 Å². The molecule has 0 aromatic heterocycles. The number of esters is 1. The number of allylic oxidation sites excluding steroid dienone is 3. The summed E-state index contributed by atoms with van der Waals surface area (Å²) < 4.78 is 76.4. The minimum absolute atomic E-state index is 0.0423. The molecule has 0 saturated heterocycles. The molecule has 0 aliphatic heterocycles.